The van der Waals surface area contributed by atoms with E-state index < -0.39 is 5.09 Å². The Balaban J connectivity index is 0.000000491. The number of hydrogen-bond donors (Lipinski definition) is 2. The van der Waals surface area contributed by atoms with Gasteiger partial charge in [-0.15, -0.1) is 0 Å². The van der Waals surface area contributed by atoms with Crippen LogP contribution in [0.1, 0.15) is 0 Å². The number of nitrogen functional groups attached to an aromatic ring is 1. The van der Waals surface area contributed by atoms with Crippen LogP contribution in [-0.4, -0.2) is 43.6 Å². The Morgan fingerprint density at radius 2 is 2.10 bits per heavy atom. The molecule has 0 aliphatic heterocycles. The molecule has 0 saturated carbocycles. The lowest BCUT2D eigenvalue weighted by atomic mass is 10.5. The first kappa shape index (κ1) is 17.3. The molecule has 0 atom stereocenters. The van der Waals surface area contributed by atoms with Crippen LogP contribution in [0.3, 0.4) is 0 Å². The molecule has 9 nitrogen and oxygen atoms in total. The van der Waals surface area contributed by atoms with Crippen LogP contribution in [0.15, 0.2) is 12.7 Å². The standard InChI is InChI=1S/C10H15N5S2.NO3/c1-16-4-5-17-3-2-15-7-14-8-9(11)12-6-13-10(8)15;2-1(3)4/h6-7H,2-5H2,1H3,(H2,11,12,13);/q;-1/p+1. The first-order valence-corrected chi connectivity index (χ1v) is 8.46. The fourth-order valence-corrected chi connectivity index (χ4v) is 3.19. The van der Waals surface area contributed by atoms with Crippen LogP contribution in [-0.2, 0) is 6.54 Å². The lowest BCUT2D eigenvalue weighted by molar-refractivity contribution is -0.668. The highest BCUT2D eigenvalue weighted by molar-refractivity contribution is 8.02. The molecule has 0 fully saturated rings. The van der Waals surface area contributed by atoms with Crippen molar-refractivity contribution in [2.24, 2.45) is 0 Å². The first-order valence-electron chi connectivity index (χ1n) is 5.91. The quantitative estimate of drug-likeness (QED) is 0.341. The number of imidazole rings is 1. The van der Waals surface area contributed by atoms with Gasteiger partial charge in [0.15, 0.2) is 18.5 Å². The molecular weight excluding hydrogens is 316 g/mol. The summed E-state index contributed by atoms with van der Waals surface area (Å²) in [5.41, 5.74) is 7.46. The smallest absolute Gasteiger partial charge is 0.307 e. The Morgan fingerprint density at radius 1 is 1.38 bits per heavy atom. The van der Waals surface area contributed by atoms with Gasteiger partial charge < -0.3 is 21.1 Å². The van der Waals surface area contributed by atoms with Crippen LogP contribution < -0.4 is 10.3 Å². The average molecular weight is 332 g/mol. The Morgan fingerprint density at radius 3 is 2.76 bits per heavy atom. The Bertz CT molecular complexity index is 575. The second kappa shape index (κ2) is 9.23. The van der Waals surface area contributed by atoms with E-state index in [0.29, 0.717) is 5.82 Å². The van der Waals surface area contributed by atoms with E-state index in [2.05, 4.69) is 25.8 Å². The number of hydrogen-bond acceptors (Lipinski definition) is 8. The zero-order valence-electron chi connectivity index (χ0n) is 11.4. The number of nitrogens with one attached hydrogen (secondary N) is 1. The topological polar surface area (TPSA) is 138 Å². The minimum Gasteiger partial charge on any atom is -0.380 e. The summed E-state index contributed by atoms with van der Waals surface area (Å²) in [6.07, 6.45) is 5.54. The summed E-state index contributed by atoms with van der Waals surface area (Å²) < 4.78 is 2.08. The summed E-state index contributed by atoms with van der Waals surface area (Å²) in [6, 6.07) is 0. The number of nitrogens with two attached hydrogens (primary N) is 1. The predicted molar refractivity (Wildman–Crippen MR) is 84.6 cm³/mol. The van der Waals surface area contributed by atoms with Crippen LogP contribution in [0.25, 0.3) is 11.2 Å². The number of thioether (sulfide) groups is 2. The number of fused-ring (bicyclic) bond motifs is 1. The third-order valence-electron chi connectivity index (χ3n) is 2.40. The van der Waals surface area contributed by atoms with E-state index in [1.807, 2.05) is 29.9 Å². The van der Waals surface area contributed by atoms with Crippen molar-refractivity contribution in [3.63, 3.8) is 0 Å². The largest absolute Gasteiger partial charge is 0.380 e. The number of aromatic amines is 1. The highest BCUT2D eigenvalue weighted by Gasteiger charge is 2.13. The SMILES string of the molecule is CSCCSCC[n+]1c[nH]c2c(N)ncnc21.O=[N+]([O-])[O-]. The van der Waals surface area contributed by atoms with Gasteiger partial charge in [0, 0.05) is 17.3 Å². The van der Waals surface area contributed by atoms with Crippen LogP contribution in [0.4, 0.5) is 5.82 Å². The van der Waals surface area contributed by atoms with Crippen LogP contribution in [0.2, 0.25) is 0 Å². The fourth-order valence-electron chi connectivity index (χ4n) is 1.53. The maximum atomic E-state index is 8.25. The molecule has 2 rings (SSSR count). The van der Waals surface area contributed by atoms with Crippen molar-refractivity contribution in [2.75, 3.05) is 29.2 Å². The molecule has 0 aliphatic carbocycles. The van der Waals surface area contributed by atoms with Crippen molar-refractivity contribution < 1.29 is 9.65 Å². The Labute approximate surface area is 129 Å². The molecule has 0 amide bonds. The highest BCUT2D eigenvalue weighted by atomic mass is 32.2. The molecule has 21 heavy (non-hydrogen) atoms. The van der Waals surface area contributed by atoms with Gasteiger partial charge in [0.1, 0.15) is 0 Å². The third kappa shape index (κ3) is 6.04. The minimum atomic E-state index is -1.75. The summed E-state index contributed by atoms with van der Waals surface area (Å²) in [7, 11) is 0. The van der Waals surface area contributed by atoms with Gasteiger partial charge in [-0.25, -0.2) is 4.57 Å². The number of H-pyrrole nitrogens is 1. The predicted octanol–water partition coefficient (Wildman–Crippen LogP) is 0.685. The minimum absolute atomic E-state index is 0.504. The molecule has 2 aromatic heterocycles. The molecule has 0 aliphatic rings. The third-order valence-corrected chi connectivity index (χ3v) is 4.24. The molecule has 0 saturated heterocycles. The maximum absolute atomic E-state index is 8.25. The van der Waals surface area contributed by atoms with Gasteiger partial charge >= 0.3 is 5.65 Å². The van der Waals surface area contributed by atoms with Gasteiger partial charge in [0.25, 0.3) is 0 Å². The number of aromatic nitrogens is 4. The van der Waals surface area contributed by atoms with Crippen LogP contribution in [0.5, 0.6) is 0 Å². The summed E-state index contributed by atoms with van der Waals surface area (Å²) in [5, 5.41) is 14.8. The van der Waals surface area contributed by atoms with Crippen molar-refractivity contribution in [2.45, 2.75) is 6.54 Å². The summed E-state index contributed by atoms with van der Waals surface area (Å²) in [6.45, 7) is 0.940. The van der Waals surface area contributed by atoms with E-state index in [-0.39, 0.29) is 0 Å². The molecule has 0 spiro atoms. The van der Waals surface area contributed by atoms with Crippen molar-refractivity contribution in [1.29, 1.82) is 0 Å². The monoisotopic (exact) mass is 332 g/mol. The first-order chi connectivity index (χ1) is 10.1. The molecule has 3 N–H and O–H groups in total. The van der Waals surface area contributed by atoms with Gasteiger partial charge in [-0.3, -0.25) is 4.98 Å². The molecule has 0 unspecified atom stereocenters. The van der Waals surface area contributed by atoms with E-state index in [1.165, 1.54) is 17.8 Å². The van der Waals surface area contributed by atoms with E-state index in [0.717, 1.165) is 23.5 Å². The van der Waals surface area contributed by atoms with Gasteiger partial charge in [-0.1, -0.05) is 4.98 Å². The number of rotatable bonds is 6. The van der Waals surface area contributed by atoms with Crippen molar-refractivity contribution in [3.8, 4) is 0 Å². The summed E-state index contributed by atoms with van der Waals surface area (Å²) >= 11 is 3.84. The maximum Gasteiger partial charge on any atom is 0.307 e. The van der Waals surface area contributed by atoms with Gasteiger partial charge in [0.2, 0.25) is 5.52 Å². The number of anilines is 1. The molecule has 2 heterocycles. The number of nitrogens with zero attached hydrogens (tertiary/aromatic N) is 4. The fraction of sp³-hybridized carbons (Fsp3) is 0.500. The average Bonchev–Trinajstić information content (AvgIpc) is 2.83. The van der Waals surface area contributed by atoms with E-state index in [1.54, 1.807) is 0 Å². The number of aryl methyl sites for hydroxylation is 1. The van der Waals surface area contributed by atoms with Crippen molar-refractivity contribution >= 4 is 40.5 Å². The van der Waals surface area contributed by atoms with Gasteiger partial charge in [-0.2, -0.15) is 28.5 Å². The second-order valence-electron chi connectivity index (χ2n) is 3.75. The molecule has 2 aromatic rings. The van der Waals surface area contributed by atoms with Crippen LogP contribution in [0, 0.1) is 15.3 Å². The Hall–Kier alpha value is -1.75. The highest BCUT2D eigenvalue weighted by Crippen LogP contribution is 2.10. The van der Waals surface area contributed by atoms with E-state index >= 15 is 0 Å². The zero-order chi connectivity index (χ0) is 15.7. The summed E-state index contributed by atoms with van der Waals surface area (Å²) in [5.74, 6) is 3.99. The molecule has 0 aromatic carbocycles. The molecular formula is C10H16N6O3S2. The molecule has 0 bridgehead atoms. The lowest BCUT2D eigenvalue weighted by Gasteiger charge is -1.98. The van der Waals surface area contributed by atoms with E-state index in [4.69, 9.17) is 21.1 Å². The van der Waals surface area contributed by atoms with Gasteiger partial charge in [0.05, 0.1) is 11.6 Å². The normalized spacial score (nSPS) is 10.1. The molecule has 11 heteroatoms. The van der Waals surface area contributed by atoms with Crippen molar-refractivity contribution in [1.82, 2.24) is 15.0 Å². The van der Waals surface area contributed by atoms with Crippen LogP contribution >= 0.6 is 23.5 Å². The lowest BCUT2D eigenvalue weighted by Crippen LogP contribution is -2.34. The second-order valence-corrected chi connectivity index (χ2v) is 5.96. The van der Waals surface area contributed by atoms with Gasteiger partial charge in [-0.05, 0) is 6.26 Å². The van der Waals surface area contributed by atoms with Crippen molar-refractivity contribution in [3.05, 3.63) is 28.0 Å². The summed E-state index contributed by atoms with van der Waals surface area (Å²) in [4.78, 5) is 19.6. The molecule has 0 radical (unpaired) electrons. The zero-order valence-corrected chi connectivity index (χ0v) is 13.0. The Kier molecular flexibility index (Phi) is 7.61. The molecule has 116 valence electrons. The van der Waals surface area contributed by atoms with E-state index in [9.17, 15) is 0 Å².